The number of nitrogens with zero attached hydrogens (tertiary/aromatic N) is 3. The molecule has 1 atom stereocenters. The van der Waals surface area contributed by atoms with Crippen molar-refractivity contribution < 1.29 is 9.53 Å². The number of carbonyl (C=O) groups is 1. The Balaban J connectivity index is 1.20. The van der Waals surface area contributed by atoms with Crippen molar-refractivity contribution in [2.45, 2.75) is 19.2 Å². The van der Waals surface area contributed by atoms with Crippen molar-refractivity contribution in [3.8, 4) is 0 Å². The van der Waals surface area contributed by atoms with E-state index in [-0.39, 0.29) is 12.1 Å². The first-order valence-corrected chi connectivity index (χ1v) is 10.2. The van der Waals surface area contributed by atoms with Gasteiger partial charge in [-0.05, 0) is 29.3 Å². The van der Waals surface area contributed by atoms with Gasteiger partial charge in [-0.25, -0.2) is 4.79 Å². The zero-order valence-electron chi connectivity index (χ0n) is 16.9. The van der Waals surface area contributed by atoms with E-state index in [1.807, 2.05) is 47.3 Å². The molecular weight excluding hydrogens is 378 g/mol. The van der Waals surface area contributed by atoms with E-state index in [1.54, 1.807) is 6.20 Å². The molecule has 2 N–H and O–H groups in total. The Bertz CT molecular complexity index is 913. The fraction of sp³-hybridized carbons (Fsp3) is 0.304. The van der Waals surface area contributed by atoms with E-state index in [1.165, 1.54) is 5.56 Å². The fourth-order valence-electron chi connectivity index (χ4n) is 3.55. The van der Waals surface area contributed by atoms with Gasteiger partial charge in [-0.15, -0.1) is 0 Å². The third-order valence-electron chi connectivity index (χ3n) is 5.08. The van der Waals surface area contributed by atoms with Gasteiger partial charge in [-0.1, -0.05) is 42.5 Å². The topological polar surface area (TPSA) is 71.4 Å². The summed E-state index contributed by atoms with van der Waals surface area (Å²) in [6, 6.07) is 19.9. The van der Waals surface area contributed by atoms with Crippen LogP contribution in [0.1, 0.15) is 11.1 Å². The van der Waals surface area contributed by atoms with E-state index in [2.05, 4.69) is 44.9 Å². The van der Waals surface area contributed by atoms with E-state index < -0.39 is 0 Å². The van der Waals surface area contributed by atoms with Gasteiger partial charge in [0.05, 0.1) is 19.3 Å². The lowest BCUT2D eigenvalue weighted by atomic mass is 10.2. The second kappa shape index (κ2) is 10.0. The van der Waals surface area contributed by atoms with Crippen LogP contribution in [0.15, 0.2) is 73.1 Å². The molecule has 2 aromatic carbocycles. The summed E-state index contributed by atoms with van der Waals surface area (Å²) in [5.74, 6) is 0. The molecule has 0 radical (unpaired) electrons. The Morgan fingerprint density at radius 1 is 1.03 bits per heavy atom. The van der Waals surface area contributed by atoms with Crippen LogP contribution in [0.2, 0.25) is 0 Å². The molecule has 1 unspecified atom stereocenters. The number of urea groups is 1. The molecule has 7 nitrogen and oxygen atoms in total. The number of rotatable bonds is 7. The van der Waals surface area contributed by atoms with E-state index in [0.717, 1.165) is 30.9 Å². The van der Waals surface area contributed by atoms with Crippen molar-refractivity contribution in [1.29, 1.82) is 0 Å². The van der Waals surface area contributed by atoms with Gasteiger partial charge in [0.2, 0.25) is 0 Å². The Hall–Kier alpha value is -3.16. The van der Waals surface area contributed by atoms with Gasteiger partial charge in [-0.2, -0.15) is 5.10 Å². The SMILES string of the molecule is O=C(NCC1CN(Cc2ccccc2)CCO1)Nc1ccc(Cn2cccn2)cc1. The monoisotopic (exact) mass is 405 g/mol. The molecule has 2 heterocycles. The normalized spacial score (nSPS) is 16.9. The molecule has 156 valence electrons. The minimum absolute atomic E-state index is 0.00958. The summed E-state index contributed by atoms with van der Waals surface area (Å²) in [5, 5.41) is 10.00. The first kappa shape index (κ1) is 20.1. The molecule has 1 aromatic heterocycles. The fourth-order valence-corrected chi connectivity index (χ4v) is 3.55. The van der Waals surface area contributed by atoms with Crippen LogP contribution < -0.4 is 10.6 Å². The molecule has 1 fully saturated rings. The summed E-state index contributed by atoms with van der Waals surface area (Å²) < 4.78 is 7.68. The first-order chi connectivity index (χ1) is 14.7. The molecule has 7 heteroatoms. The highest BCUT2D eigenvalue weighted by atomic mass is 16.5. The highest BCUT2D eigenvalue weighted by molar-refractivity contribution is 5.89. The molecule has 0 spiro atoms. The van der Waals surface area contributed by atoms with Gasteiger partial charge < -0.3 is 15.4 Å². The third-order valence-corrected chi connectivity index (χ3v) is 5.08. The molecule has 0 bridgehead atoms. The second-order valence-electron chi connectivity index (χ2n) is 7.45. The number of ether oxygens (including phenoxy) is 1. The lowest BCUT2D eigenvalue weighted by molar-refractivity contribution is -0.0285. The van der Waals surface area contributed by atoms with Crippen molar-refractivity contribution in [1.82, 2.24) is 20.0 Å². The maximum absolute atomic E-state index is 12.3. The molecule has 4 rings (SSSR count). The van der Waals surface area contributed by atoms with Crippen LogP contribution in [-0.4, -0.2) is 53.1 Å². The zero-order chi connectivity index (χ0) is 20.6. The predicted molar refractivity (Wildman–Crippen MR) is 116 cm³/mol. The smallest absolute Gasteiger partial charge is 0.319 e. The summed E-state index contributed by atoms with van der Waals surface area (Å²) in [6.45, 7) is 4.47. The Morgan fingerprint density at radius 3 is 2.60 bits per heavy atom. The lowest BCUT2D eigenvalue weighted by Crippen LogP contribution is -2.47. The molecular formula is C23H27N5O2. The zero-order valence-corrected chi connectivity index (χ0v) is 16.9. The molecule has 1 saturated heterocycles. The van der Waals surface area contributed by atoms with Crippen LogP contribution in [0.4, 0.5) is 10.5 Å². The summed E-state index contributed by atoms with van der Waals surface area (Å²) in [6.07, 6.45) is 3.68. The summed E-state index contributed by atoms with van der Waals surface area (Å²) in [4.78, 5) is 14.6. The van der Waals surface area contributed by atoms with E-state index in [0.29, 0.717) is 19.7 Å². The average Bonchev–Trinajstić information content (AvgIpc) is 3.28. The highest BCUT2D eigenvalue weighted by Crippen LogP contribution is 2.12. The Labute approximate surface area is 176 Å². The molecule has 1 aliphatic heterocycles. The van der Waals surface area contributed by atoms with Crippen LogP contribution in [0, 0.1) is 0 Å². The van der Waals surface area contributed by atoms with Crippen LogP contribution in [-0.2, 0) is 17.8 Å². The van der Waals surface area contributed by atoms with Gasteiger partial charge >= 0.3 is 6.03 Å². The van der Waals surface area contributed by atoms with Crippen LogP contribution in [0.25, 0.3) is 0 Å². The molecule has 1 aliphatic rings. The van der Waals surface area contributed by atoms with Crippen LogP contribution in [0.3, 0.4) is 0 Å². The number of hydrogen-bond acceptors (Lipinski definition) is 4. The number of nitrogens with one attached hydrogen (secondary N) is 2. The standard InChI is InChI=1S/C23H27N5O2/c29-23(26-21-9-7-20(8-10-21)17-28-12-4-11-25-28)24-15-22-18-27(13-14-30-22)16-19-5-2-1-3-6-19/h1-12,22H,13-18H2,(H2,24,26,29). The van der Waals surface area contributed by atoms with Crippen LogP contribution >= 0.6 is 0 Å². The maximum atomic E-state index is 12.3. The van der Waals surface area contributed by atoms with Gasteiger partial charge in [0.15, 0.2) is 0 Å². The largest absolute Gasteiger partial charge is 0.374 e. The van der Waals surface area contributed by atoms with Gasteiger partial charge in [0.1, 0.15) is 0 Å². The van der Waals surface area contributed by atoms with Gasteiger partial charge in [0.25, 0.3) is 0 Å². The summed E-state index contributed by atoms with van der Waals surface area (Å²) in [5.41, 5.74) is 3.17. The Morgan fingerprint density at radius 2 is 1.83 bits per heavy atom. The second-order valence-corrected chi connectivity index (χ2v) is 7.45. The van der Waals surface area contributed by atoms with Gasteiger partial charge in [0, 0.05) is 44.3 Å². The number of benzene rings is 2. The summed E-state index contributed by atoms with van der Waals surface area (Å²) in [7, 11) is 0. The van der Waals surface area contributed by atoms with E-state index in [9.17, 15) is 4.79 Å². The quantitative estimate of drug-likeness (QED) is 0.634. The average molecular weight is 406 g/mol. The third kappa shape index (κ3) is 5.92. The first-order valence-electron chi connectivity index (χ1n) is 10.2. The predicted octanol–water partition coefficient (Wildman–Crippen LogP) is 2.95. The van der Waals surface area contributed by atoms with Crippen molar-refractivity contribution in [3.63, 3.8) is 0 Å². The lowest BCUT2D eigenvalue weighted by Gasteiger charge is -2.33. The van der Waals surface area contributed by atoms with Crippen molar-refractivity contribution >= 4 is 11.7 Å². The van der Waals surface area contributed by atoms with Crippen molar-refractivity contribution in [3.05, 3.63) is 84.2 Å². The minimum Gasteiger partial charge on any atom is -0.374 e. The molecule has 2 amide bonds. The molecule has 0 aliphatic carbocycles. The van der Waals surface area contributed by atoms with Crippen molar-refractivity contribution in [2.24, 2.45) is 0 Å². The number of hydrogen-bond donors (Lipinski definition) is 2. The van der Waals surface area contributed by atoms with Crippen LogP contribution in [0.5, 0.6) is 0 Å². The molecule has 0 saturated carbocycles. The molecule has 3 aromatic rings. The van der Waals surface area contributed by atoms with E-state index >= 15 is 0 Å². The number of carbonyl (C=O) groups excluding carboxylic acids is 1. The number of morpholine rings is 1. The van der Waals surface area contributed by atoms with E-state index in [4.69, 9.17) is 4.74 Å². The molecule has 30 heavy (non-hydrogen) atoms. The number of aromatic nitrogens is 2. The maximum Gasteiger partial charge on any atom is 0.319 e. The van der Waals surface area contributed by atoms with Gasteiger partial charge in [-0.3, -0.25) is 9.58 Å². The Kier molecular flexibility index (Phi) is 6.74. The number of amides is 2. The summed E-state index contributed by atoms with van der Waals surface area (Å²) >= 11 is 0. The van der Waals surface area contributed by atoms with Crippen molar-refractivity contribution in [2.75, 3.05) is 31.6 Å². The minimum atomic E-state index is -0.224. The number of anilines is 1. The highest BCUT2D eigenvalue weighted by Gasteiger charge is 2.21.